The quantitative estimate of drug-likeness (QED) is 0.0858. The summed E-state index contributed by atoms with van der Waals surface area (Å²) in [6, 6.07) is 33.2. The lowest BCUT2D eigenvalue weighted by Crippen LogP contribution is -2.67. The molecule has 3 fully saturated rings. The summed E-state index contributed by atoms with van der Waals surface area (Å²) in [6.45, 7) is 5.52. The third-order valence-electron chi connectivity index (χ3n) is 16.2. The smallest absolute Gasteiger partial charge is 0.406 e. The summed E-state index contributed by atoms with van der Waals surface area (Å²) in [4.78, 5) is 17.6. The molecule has 4 aromatic rings. The van der Waals surface area contributed by atoms with Gasteiger partial charge in [-0.1, -0.05) is 129 Å². The fourth-order valence-corrected chi connectivity index (χ4v) is 13.1. The molecule has 0 aromatic heterocycles. The van der Waals surface area contributed by atoms with Gasteiger partial charge in [-0.25, -0.2) is 0 Å². The Kier molecular flexibility index (Phi) is 11.4. The number of allylic oxidation sites excluding steroid dienone is 4. The lowest BCUT2D eigenvalue weighted by Gasteiger charge is -2.71. The predicted octanol–water partition coefficient (Wildman–Crippen LogP) is 10.1. The Labute approximate surface area is 368 Å². The standard InChI is InChI=1S/C53H58F3NO6/c1-48-24-21-39(58)29-50(48)27-28-52(44(30-50)47(60)43-16-10-9-15-42(43)38-13-7-4-8-14-38)45(48)22-25-49(2)46(52)23-26-51(49,61)35-57(31-36-17-19-41(20-18-36)63-53(54,55)56)32-40(59)34-62-33-37-11-5-3-6-12-37/h3-20,27-28,30,39-40,45-46,58-59,61H,21-26,29,31-35H2,1-2H3. The molecule has 0 aliphatic heterocycles. The molecular weight excluding hydrogens is 804 g/mol. The Hall–Kier alpha value is -4.58. The summed E-state index contributed by atoms with van der Waals surface area (Å²) >= 11 is 0. The maximum absolute atomic E-state index is 15.6. The average molecular weight is 862 g/mol. The van der Waals surface area contributed by atoms with Crippen LogP contribution in [0.2, 0.25) is 0 Å². The minimum Gasteiger partial charge on any atom is -0.406 e. The molecule has 3 saturated carbocycles. The van der Waals surface area contributed by atoms with Gasteiger partial charge >= 0.3 is 6.36 Å². The van der Waals surface area contributed by atoms with Gasteiger partial charge in [0.2, 0.25) is 0 Å². The zero-order valence-electron chi connectivity index (χ0n) is 36.1. The van der Waals surface area contributed by atoms with Gasteiger partial charge in [-0.05, 0) is 96.6 Å². The Bertz CT molecular complexity index is 2350. The molecule has 332 valence electrons. The number of benzene rings is 4. The molecule has 0 saturated heterocycles. The molecule has 10 heteroatoms. The van der Waals surface area contributed by atoms with E-state index < -0.39 is 40.4 Å². The van der Waals surface area contributed by atoms with Gasteiger partial charge in [0.25, 0.3) is 0 Å². The fourth-order valence-electron chi connectivity index (χ4n) is 13.1. The molecule has 2 bridgehead atoms. The van der Waals surface area contributed by atoms with Crippen molar-refractivity contribution in [3.05, 3.63) is 150 Å². The number of aliphatic hydroxyl groups is 3. The van der Waals surface area contributed by atoms with E-state index in [2.05, 4.69) is 36.8 Å². The van der Waals surface area contributed by atoms with Gasteiger partial charge in [0, 0.05) is 47.0 Å². The number of hydrogen-bond acceptors (Lipinski definition) is 7. The topological polar surface area (TPSA) is 99.5 Å². The van der Waals surface area contributed by atoms with E-state index >= 15 is 4.79 Å². The van der Waals surface area contributed by atoms with Crippen molar-refractivity contribution >= 4 is 5.78 Å². The van der Waals surface area contributed by atoms with E-state index in [1.807, 2.05) is 89.8 Å². The number of aliphatic hydroxyl groups excluding tert-OH is 2. The Morgan fingerprint density at radius 2 is 1.46 bits per heavy atom. The molecule has 6 aliphatic rings. The monoisotopic (exact) mass is 861 g/mol. The summed E-state index contributed by atoms with van der Waals surface area (Å²) in [5, 5.41) is 36.0. The first-order chi connectivity index (χ1) is 30.1. The minimum absolute atomic E-state index is 0.0109. The van der Waals surface area contributed by atoms with Crippen LogP contribution in [0.5, 0.6) is 5.75 Å². The molecule has 0 amide bonds. The summed E-state index contributed by atoms with van der Waals surface area (Å²) in [6.07, 6.45) is 5.40. The van der Waals surface area contributed by atoms with Crippen LogP contribution < -0.4 is 4.74 Å². The van der Waals surface area contributed by atoms with E-state index in [0.717, 1.165) is 41.5 Å². The molecule has 0 radical (unpaired) electrons. The van der Waals surface area contributed by atoms with Crippen LogP contribution in [-0.2, 0) is 17.9 Å². The summed E-state index contributed by atoms with van der Waals surface area (Å²) < 4.78 is 49.2. The maximum atomic E-state index is 15.6. The molecule has 9 atom stereocenters. The van der Waals surface area contributed by atoms with Crippen LogP contribution in [0.1, 0.15) is 80.3 Å². The number of carbonyl (C=O) groups is 1. The SMILES string of the molecule is CC12CCC(O)CC13C=CC1(C(C(=O)c4ccccc4-c4ccccc4)=C3)C2CCC2(C)C1CCC2(O)CN(Cc1ccc(OC(F)(F)F)cc1)CC(O)COCc1ccccc1. The number of alkyl halides is 3. The second-order valence-corrected chi connectivity index (χ2v) is 19.6. The highest BCUT2D eigenvalue weighted by atomic mass is 19.4. The van der Waals surface area contributed by atoms with Gasteiger partial charge in [-0.3, -0.25) is 9.69 Å². The number of fused-ring (bicyclic) bond motifs is 1. The van der Waals surface area contributed by atoms with Crippen molar-refractivity contribution < 1.29 is 42.8 Å². The van der Waals surface area contributed by atoms with Crippen LogP contribution in [0.4, 0.5) is 13.2 Å². The summed E-state index contributed by atoms with van der Waals surface area (Å²) in [7, 11) is 0. The Morgan fingerprint density at radius 1 is 0.810 bits per heavy atom. The summed E-state index contributed by atoms with van der Waals surface area (Å²) in [5.41, 5.74) is 1.64. The van der Waals surface area contributed by atoms with Crippen LogP contribution in [0.15, 0.2) is 133 Å². The number of hydrogen-bond donors (Lipinski definition) is 3. The highest BCUT2D eigenvalue weighted by molar-refractivity contribution is 6.14. The lowest BCUT2D eigenvalue weighted by molar-refractivity contribution is -0.274. The molecule has 2 spiro atoms. The van der Waals surface area contributed by atoms with Crippen molar-refractivity contribution in [1.29, 1.82) is 0 Å². The van der Waals surface area contributed by atoms with Gasteiger partial charge in [0.15, 0.2) is 5.78 Å². The van der Waals surface area contributed by atoms with Gasteiger partial charge in [-0.2, -0.15) is 0 Å². The highest BCUT2D eigenvalue weighted by Gasteiger charge is 2.74. The number of ketones is 1. The molecule has 4 aromatic carbocycles. The molecule has 0 heterocycles. The Balaban J connectivity index is 1.06. The second-order valence-electron chi connectivity index (χ2n) is 19.6. The first-order valence-corrected chi connectivity index (χ1v) is 22.5. The maximum Gasteiger partial charge on any atom is 0.573 e. The predicted molar refractivity (Wildman–Crippen MR) is 235 cm³/mol. The Morgan fingerprint density at radius 3 is 2.19 bits per heavy atom. The molecule has 3 N–H and O–H groups in total. The van der Waals surface area contributed by atoms with Crippen molar-refractivity contribution in [3.8, 4) is 16.9 Å². The van der Waals surface area contributed by atoms with Crippen LogP contribution in [-0.4, -0.2) is 69.9 Å². The first-order valence-electron chi connectivity index (χ1n) is 22.5. The molecule has 10 rings (SSSR count). The molecular formula is C53H58F3NO6. The van der Waals surface area contributed by atoms with Gasteiger partial charge in [-0.15, -0.1) is 13.2 Å². The van der Waals surface area contributed by atoms with E-state index in [4.69, 9.17) is 4.74 Å². The van der Waals surface area contributed by atoms with E-state index in [0.29, 0.717) is 43.4 Å². The van der Waals surface area contributed by atoms with E-state index in [-0.39, 0.29) is 55.0 Å². The normalized spacial score (nSPS) is 32.4. The third kappa shape index (κ3) is 7.69. The fraction of sp³-hybridized carbons (Fsp3) is 0.453. The van der Waals surface area contributed by atoms with Gasteiger partial charge in [0.05, 0.1) is 31.0 Å². The zero-order chi connectivity index (χ0) is 44.3. The first kappa shape index (κ1) is 43.7. The molecule has 9 unspecified atom stereocenters. The molecule has 7 nitrogen and oxygen atoms in total. The van der Waals surface area contributed by atoms with Crippen LogP contribution in [0.25, 0.3) is 11.1 Å². The van der Waals surface area contributed by atoms with Crippen molar-refractivity contribution in [3.63, 3.8) is 0 Å². The van der Waals surface area contributed by atoms with E-state index in [9.17, 15) is 28.5 Å². The largest absolute Gasteiger partial charge is 0.573 e. The molecule has 63 heavy (non-hydrogen) atoms. The minimum atomic E-state index is -4.82. The van der Waals surface area contributed by atoms with Crippen LogP contribution >= 0.6 is 0 Å². The highest BCUT2D eigenvalue weighted by Crippen LogP contribution is 2.78. The second kappa shape index (κ2) is 16.4. The van der Waals surface area contributed by atoms with Crippen molar-refractivity contribution in [2.75, 3.05) is 19.7 Å². The van der Waals surface area contributed by atoms with Crippen molar-refractivity contribution in [2.45, 2.75) is 96.1 Å². The number of nitrogens with zero attached hydrogens (tertiary/aromatic N) is 1. The van der Waals surface area contributed by atoms with Crippen molar-refractivity contribution in [1.82, 2.24) is 4.90 Å². The number of halogens is 3. The number of ether oxygens (including phenoxy) is 2. The lowest BCUT2D eigenvalue weighted by atomic mass is 9.32. The number of Topliss-reactive ketones (excluding diaryl/α,β-unsaturated/α-hetero) is 1. The third-order valence-corrected chi connectivity index (χ3v) is 16.2. The van der Waals surface area contributed by atoms with Crippen LogP contribution in [0.3, 0.4) is 0 Å². The zero-order valence-corrected chi connectivity index (χ0v) is 36.1. The number of rotatable bonds is 14. The summed E-state index contributed by atoms with van der Waals surface area (Å²) in [5.74, 6) is -0.335. The van der Waals surface area contributed by atoms with Gasteiger partial charge < -0.3 is 24.8 Å². The van der Waals surface area contributed by atoms with E-state index in [1.165, 1.54) is 12.1 Å². The van der Waals surface area contributed by atoms with Crippen LogP contribution in [0, 0.1) is 33.5 Å². The number of carbonyl (C=O) groups excluding carboxylic acids is 1. The average Bonchev–Trinajstić information content (AvgIpc) is 3.53. The van der Waals surface area contributed by atoms with Gasteiger partial charge in [0.1, 0.15) is 5.75 Å². The van der Waals surface area contributed by atoms with E-state index in [1.54, 1.807) is 12.1 Å². The molecule has 6 aliphatic carbocycles. The van der Waals surface area contributed by atoms with Crippen molar-refractivity contribution in [2.24, 2.45) is 33.5 Å².